The first-order valence-corrected chi connectivity index (χ1v) is 9.83. The van der Waals surface area contributed by atoms with E-state index in [0.29, 0.717) is 37.5 Å². The molecule has 2 rings (SSSR count). The lowest BCUT2D eigenvalue weighted by molar-refractivity contribution is -0.143. The summed E-state index contributed by atoms with van der Waals surface area (Å²) in [4.78, 5) is 38.5. The molecule has 0 radical (unpaired) electrons. The summed E-state index contributed by atoms with van der Waals surface area (Å²) in [5.41, 5.74) is -0.568. The van der Waals surface area contributed by atoms with Crippen LogP contribution in [-0.2, 0) is 15.0 Å². The number of hydrogen-bond donors (Lipinski definition) is 3. The fraction of sp³-hybridized carbons (Fsp3) is 0.571. The van der Waals surface area contributed by atoms with Gasteiger partial charge in [0.05, 0.1) is 5.92 Å². The number of carboxylic acids is 1. The van der Waals surface area contributed by atoms with Gasteiger partial charge in [-0.3, -0.25) is 9.59 Å². The number of rotatable bonds is 7. The Labute approximate surface area is 166 Å². The molecule has 1 heterocycles. The van der Waals surface area contributed by atoms with Crippen LogP contribution < -0.4 is 10.6 Å². The van der Waals surface area contributed by atoms with Gasteiger partial charge in [-0.25, -0.2) is 4.79 Å². The maximum atomic E-state index is 12.7. The van der Waals surface area contributed by atoms with E-state index in [1.165, 1.54) is 0 Å². The molecule has 0 aliphatic carbocycles. The molecular formula is C21H31N3O4. The number of likely N-dealkylation sites (tertiary alicyclic amines) is 1. The third-order valence-corrected chi connectivity index (χ3v) is 5.24. The van der Waals surface area contributed by atoms with Crippen LogP contribution in [0.15, 0.2) is 30.3 Å². The van der Waals surface area contributed by atoms with Gasteiger partial charge >= 0.3 is 12.0 Å². The van der Waals surface area contributed by atoms with E-state index in [4.69, 9.17) is 0 Å². The molecular weight excluding hydrogens is 358 g/mol. The average Bonchev–Trinajstić information content (AvgIpc) is 2.70. The molecule has 1 aliphatic rings. The van der Waals surface area contributed by atoms with Gasteiger partial charge in [-0.15, -0.1) is 0 Å². The van der Waals surface area contributed by atoms with Crippen LogP contribution in [0.4, 0.5) is 4.79 Å². The van der Waals surface area contributed by atoms with Gasteiger partial charge in [-0.05, 0) is 31.2 Å². The van der Waals surface area contributed by atoms with Gasteiger partial charge in [0, 0.05) is 26.2 Å². The Hall–Kier alpha value is -2.57. The number of piperidine rings is 1. The second kappa shape index (κ2) is 9.57. The number of amides is 3. The van der Waals surface area contributed by atoms with Crippen LogP contribution in [-0.4, -0.2) is 54.1 Å². The molecule has 1 fully saturated rings. The second-order valence-electron chi connectivity index (χ2n) is 8.09. The van der Waals surface area contributed by atoms with Gasteiger partial charge in [0.1, 0.15) is 5.41 Å². The second-order valence-corrected chi connectivity index (χ2v) is 8.09. The van der Waals surface area contributed by atoms with Gasteiger partial charge < -0.3 is 20.6 Å². The Morgan fingerprint density at radius 3 is 2.50 bits per heavy atom. The molecule has 2 atom stereocenters. The number of carbonyl (C=O) groups excluding carboxylic acids is 2. The van der Waals surface area contributed by atoms with E-state index >= 15 is 0 Å². The minimum Gasteiger partial charge on any atom is -0.481 e. The number of nitrogens with one attached hydrogen (secondary N) is 2. The maximum Gasteiger partial charge on any atom is 0.317 e. The van der Waals surface area contributed by atoms with Crippen LogP contribution in [0.3, 0.4) is 0 Å². The molecule has 7 heteroatoms. The molecule has 3 N–H and O–H groups in total. The zero-order chi connectivity index (χ0) is 20.7. The predicted molar refractivity (Wildman–Crippen MR) is 107 cm³/mol. The highest BCUT2D eigenvalue weighted by Crippen LogP contribution is 2.24. The van der Waals surface area contributed by atoms with Crippen LogP contribution in [0.2, 0.25) is 0 Å². The van der Waals surface area contributed by atoms with E-state index in [0.717, 1.165) is 6.42 Å². The summed E-state index contributed by atoms with van der Waals surface area (Å²) >= 11 is 0. The molecule has 1 aromatic carbocycles. The first-order valence-electron chi connectivity index (χ1n) is 9.83. The largest absolute Gasteiger partial charge is 0.481 e. The quantitative estimate of drug-likeness (QED) is 0.666. The smallest absolute Gasteiger partial charge is 0.317 e. The third kappa shape index (κ3) is 5.47. The maximum absolute atomic E-state index is 12.7. The van der Waals surface area contributed by atoms with E-state index in [1.54, 1.807) is 36.1 Å². The van der Waals surface area contributed by atoms with Crippen molar-refractivity contribution < 1.29 is 19.5 Å². The number of benzene rings is 1. The minimum absolute atomic E-state index is 0.00122. The molecule has 1 aliphatic heterocycles. The molecule has 28 heavy (non-hydrogen) atoms. The van der Waals surface area contributed by atoms with Gasteiger partial charge in [-0.1, -0.05) is 44.2 Å². The summed E-state index contributed by atoms with van der Waals surface area (Å²) in [7, 11) is 0. The number of nitrogens with zero attached hydrogens (tertiary/aromatic N) is 1. The average molecular weight is 389 g/mol. The Balaban J connectivity index is 1.96. The van der Waals surface area contributed by atoms with Gasteiger partial charge in [0.2, 0.25) is 5.91 Å². The number of carboxylic acid groups (broad SMARTS) is 1. The van der Waals surface area contributed by atoms with Crippen molar-refractivity contribution in [3.05, 3.63) is 35.9 Å². The summed E-state index contributed by atoms with van der Waals surface area (Å²) in [5, 5.41) is 15.4. The van der Waals surface area contributed by atoms with Crippen LogP contribution in [0, 0.1) is 11.8 Å². The fourth-order valence-corrected chi connectivity index (χ4v) is 3.29. The summed E-state index contributed by atoms with van der Waals surface area (Å²) in [6, 6.07) is 8.75. The van der Waals surface area contributed by atoms with Gasteiger partial charge in [0.15, 0.2) is 0 Å². The summed E-state index contributed by atoms with van der Waals surface area (Å²) in [6.45, 7) is 7.24. The molecule has 1 aromatic rings. The lowest BCUT2D eigenvalue weighted by atomic mass is 9.82. The molecule has 154 valence electrons. The zero-order valence-electron chi connectivity index (χ0n) is 16.9. The van der Waals surface area contributed by atoms with Gasteiger partial charge in [0.25, 0.3) is 0 Å². The summed E-state index contributed by atoms with van der Waals surface area (Å²) in [5.74, 6) is -1.16. The number of aliphatic carboxylic acids is 1. The predicted octanol–water partition coefficient (Wildman–Crippen LogP) is 2.22. The van der Waals surface area contributed by atoms with Crippen molar-refractivity contribution in [3.8, 4) is 0 Å². The molecule has 0 saturated carbocycles. The normalized spacial score (nSPS) is 19.0. The zero-order valence-corrected chi connectivity index (χ0v) is 16.9. The molecule has 0 aromatic heterocycles. The van der Waals surface area contributed by atoms with Crippen molar-refractivity contribution in [1.29, 1.82) is 0 Å². The van der Waals surface area contributed by atoms with Crippen LogP contribution in [0.1, 0.15) is 39.2 Å². The first kappa shape index (κ1) is 21.7. The highest BCUT2D eigenvalue weighted by Gasteiger charge is 2.37. The monoisotopic (exact) mass is 389 g/mol. The lowest BCUT2D eigenvalue weighted by Crippen LogP contribution is -2.51. The molecule has 2 unspecified atom stereocenters. The first-order chi connectivity index (χ1) is 13.2. The topological polar surface area (TPSA) is 98.7 Å². The standard InChI is InChI=1S/C21H31N3O4/c1-15(2)12-22-20(28)24-11-7-8-16(13-24)18(25)23-14-21(3,19(26)27)17-9-5-4-6-10-17/h4-6,9-10,15-16H,7-8,11-14H2,1-3H3,(H,22,28)(H,23,25)(H,26,27). The third-order valence-electron chi connectivity index (χ3n) is 5.24. The Kier molecular flexibility index (Phi) is 7.43. The highest BCUT2D eigenvalue weighted by atomic mass is 16.4. The Morgan fingerprint density at radius 1 is 1.21 bits per heavy atom. The van der Waals surface area contributed by atoms with E-state index in [-0.39, 0.29) is 24.4 Å². The van der Waals surface area contributed by atoms with Crippen molar-refractivity contribution >= 4 is 17.9 Å². The van der Waals surface area contributed by atoms with Crippen molar-refractivity contribution in [3.63, 3.8) is 0 Å². The highest BCUT2D eigenvalue weighted by molar-refractivity contribution is 5.84. The molecule has 0 spiro atoms. The molecule has 1 saturated heterocycles. The lowest BCUT2D eigenvalue weighted by Gasteiger charge is -2.33. The van der Waals surface area contributed by atoms with Crippen molar-refractivity contribution in [2.24, 2.45) is 11.8 Å². The van der Waals surface area contributed by atoms with Crippen molar-refractivity contribution in [2.75, 3.05) is 26.2 Å². The SMILES string of the molecule is CC(C)CNC(=O)N1CCCC(C(=O)NCC(C)(C(=O)O)c2ccccc2)C1. The Bertz CT molecular complexity index is 692. The Morgan fingerprint density at radius 2 is 1.89 bits per heavy atom. The van der Waals surface area contributed by atoms with Gasteiger partial charge in [-0.2, -0.15) is 0 Å². The van der Waals surface area contributed by atoms with Crippen molar-refractivity contribution in [1.82, 2.24) is 15.5 Å². The van der Waals surface area contributed by atoms with Crippen molar-refractivity contribution in [2.45, 2.75) is 39.0 Å². The molecule has 3 amide bonds. The summed E-state index contributed by atoms with van der Waals surface area (Å²) < 4.78 is 0. The van der Waals surface area contributed by atoms with Crippen LogP contribution in [0.5, 0.6) is 0 Å². The number of hydrogen-bond acceptors (Lipinski definition) is 3. The van der Waals surface area contributed by atoms with Crippen LogP contribution in [0.25, 0.3) is 0 Å². The van der Waals surface area contributed by atoms with E-state index < -0.39 is 11.4 Å². The van der Waals surface area contributed by atoms with Crippen LogP contribution >= 0.6 is 0 Å². The summed E-state index contributed by atoms with van der Waals surface area (Å²) in [6.07, 6.45) is 1.44. The molecule has 0 bridgehead atoms. The number of urea groups is 1. The van der Waals surface area contributed by atoms with E-state index in [9.17, 15) is 19.5 Å². The fourth-order valence-electron chi connectivity index (χ4n) is 3.29. The van der Waals surface area contributed by atoms with E-state index in [2.05, 4.69) is 10.6 Å². The number of carbonyl (C=O) groups is 3. The minimum atomic E-state index is -1.21. The molecule has 7 nitrogen and oxygen atoms in total. The van der Waals surface area contributed by atoms with E-state index in [1.807, 2.05) is 19.9 Å².